The Hall–Kier alpha value is 0. The summed E-state index contributed by atoms with van der Waals surface area (Å²) in [6.45, 7) is 70.3. The molecule has 0 aromatic carbocycles. The molecule has 424 valence electrons. The molecular weight excluding hydrogens is 865 g/mol. The lowest BCUT2D eigenvalue weighted by Gasteiger charge is -2.48. The quantitative estimate of drug-likeness (QED) is 0.227. The average Bonchev–Trinajstić information content (AvgIpc) is 3.96. The van der Waals surface area contributed by atoms with Crippen molar-refractivity contribution < 1.29 is 0 Å². The highest BCUT2D eigenvalue weighted by Crippen LogP contribution is 2.64. The van der Waals surface area contributed by atoms with Crippen molar-refractivity contribution >= 4 is 0 Å². The zero-order chi connectivity index (χ0) is 54.4. The lowest BCUT2D eigenvalue weighted by Crippen LogP contribution is -2.43. The molecular formula is C72H136. The van der Waals surface area contributed by atoms with Crippen molar-refractivity contribution in [3.05, 3.63) is 0 Å². The average molecular weight is 1000 g/mol. The van der Waals surface area contributed by atoms with Crippen LogP contribution in [0.15, 0.2) is 0 Å². The Morgan fingerprint density at radius 3 is 0.375 bits per heavy atom. The van der Waals surface area contributed by atoms with Crippen LogP contribution in [0, 0.1) is 213 Å². The fourth-order valence-electron chi connectivity index (χ4n) is 23.0. The maximum atomic E-state index is 2.55. The molecule has 8 saturated carbocycles. The van der Waals surface area contributed by atoms with Gasteiger partial charge in [-0.05, 0) is 213 Å². The number of fused-ring (bicyclic) bond motifs is 4. The van der Waals surface area contributed by atoms with Gasteiger partial charge in [-0.2, -0.15) is 0 Å². The van der Waals surface area contributed by atoms with E-state index in [0.717, 1.165) is 213 Å². The van der Waals surface area contributed by atoms with Crippen LogP contribution in [0.3, 0.4) is 0 Å². The van der Waals surface area contributed by atoms with Crippen LogP contribution in [0.2, 0.25) is 0 Å². The van der Waals surface area contributed by atoms with E-state index in [1.54, 1.807) is 0 Å². The molecule has 8 aliphatic rings. The van der Waals surface area contributed by atoms with E-state index in [1.165, 1.54) is 51.4 Å². The third kappa shape index (κ3) is 11.3. The molecule has 0 aliphatic heterocycles. The first kappa shape index (κ1) is 62.8. The van der Waals surface area contributed by atoms with Crippen molar-refractivity contribution in [1.82, 2.24) is 0 Å². The van der Waals surface area contributed by atoms with Crippen molar-refractivity contribution in [3.63, 3.8) is 0 Å². The van der Waals surface area contributed by atoms with Crippen molar-refractivity contribution in [1.29, 1.82) is 0 Å². The Bertz CT molecular complexity index is 1360. The minimum atomic E-state index is 0.913. The molecule has 0 heteroatoms. The maximum Gasteiger partial charge on any atom is -0.0321 e. The normalized spacial score (nSPS) is 56.5. The second-order valence-corrected chi connectivity index (χ2v) is 31.0. The van der Waals surface area contributed by atoms with E-state index in [2.05, 4.69) is 194 Å². The first-order chi connectivity index (χ1) is 33.7. The highest BCUT2D eigenvalue weighted by Gasteiger charge is 2.58. The first-order valence-corrected chi connectivity index (χ1v) is 33.7. The van der Waals surface area contributed by atoms with Crippen molar-refractivity contribution in [2.24, 2.45) is 213 Å². The monoisotopic (exact) mass is 1000 g/mol. The molecule has 8 rings (SSSR count). The fraction of sp³-hybridized carbons (Fsp3) is 1.00. The molecule has 0 radical (unpaired) electrons. The largest absolute Gasteiger partial charge is 0.0654 e. The van der Waals surface area contributed by atoms with Crippen LogP contribution in [0.4, 0.5) is 0 Å². The van der Waals surface area contributed by atoms with Crippen LogP contribution in [0.5, 0.6) is 0 Å². The van der Waals surface area contributed by atoms with Gasteiger partial charge in [0.2, 0.25) is 0 Å². The first-order valence-electron chi connectivity index (χ1n) is 33.7. The highest BCUT2D eigenvalue weighted by atomic mass is 14.6. The van der Waals surface area contributed by atoms with E-state index in [4.69, 9.17) is 0 Å². The summed E-state index contributed by atoms with van der Waals surface area (Å²) in [7, 11) is 0. The molecule has 0 aromatic heterocycles. The molecule has 8 aliphatic carbocycles. The van der Waals surface area contributed by atoms with Gasteiger partial charge >= 0.3 is 0 Å². The fourth-order valence-corrected chi connectivity index (χ4v) is 23.0. The van der Waals surface area contributed by atoms with Crippen LogP contribution in [-0.2, 0) is 0 Å². The van der Waals surface area contributed by atoms with Crippen LogP contribution < -0.4 is 0 Å². The van der Waals surface area contributed by atoms with E-state index in [9.17, 15) is 0 Å². The van der Waals surface area contributed by atoms with Crippen LogP contribution in [0.25, 0.3) is 0 Å². The molecule has 0 N–H and O–H groups in total. The Morgan fingerprint density at radius 2 is 0.250 bits per heavy atom. The number of rotatable bonds is 8. The molecule has 72 heavy (non-hydrogen) atoms. The summed E-state index contributed by atoms with van der Waals surface area (Å²) in [4.78, 5) is 0. The minimum absolute atomic E-state index is 0.913. The second kappa shape index (κ2) is 25.9. The standard InChI is InChI=1S/4C18H34/c4*1-8-9-16-12(4)15(7)17-13(5)10(2)11(3)14(6)18(16)17/h4*10-18H,8-9H2,1-7H3. The van der Waals surface area contributed by atoms with Crippen LogP contribution >= 0.6 is 0 Å². The van der Waals surface area contributed by atoms with Gasteiger partial charge in [-0.3, -0.25) is 0 Å². The van der Waals surface area contributed by atoms with Gasteiger partial charge in [0.15, 0.2) is 0 Å². The Morgan fingerprint density at radius 1 is 0.139 bits per heavy atom. The molecule has 36 atom stereocenters. The van der Waals surface area contributed by atoms with Crippen LogP contribution in [0.1, 0.15) is 245 Å². The molecule has 0 saturated heterocycles. The zero-order valence-corrected chi connectivity index (χ0v) is 54.4. The Labute approximate surface area is 456 Å². The molecule has 0 bridgehead atoms. The van der Waals surface area contributed by atoms with Gasteiger partial charge in [0, 0.05) is 0 Å². The summed E-state index contributed by atoms with van der Waals surface area (Å²) >= 11 is 0. The molecule has 8 fully saturated rings. The van der Waals surface area contributed by atoms with Gasteiger partial charge in [0.1, 0.15) is 0 Å². The molecule has 0 nitrogen and oxygen atoms in total. The van der Waals surface area contributed by atoms with Gasteiger partial charge in [-0.1, -0.05) is 245 Å². The Balaban J connectivity index is 0.000000178. The van der Waals surface area contributed by atoms with Gasteiger partial charge in [0.05, 0.1) is 0 Å². The highest BCUT2D eigenvalue weighted by molar-refractivity contribution is 5.06. The molecule has 0 aromatic rings. The molecule has 36 unspecified atom stereocenters. The van der Waals surface area contributed by atoms with E-state index in [0.29, 0.717) is 0 Å². The summed E-state index contributed by atoms with van der Waals surface area (Å²) in [6, 6.07) is 0. The summed E-state index contributed by atoms with van der Waals surface area (Å²) < 4.78 is 0. The van der Waals surface area contributed by atoms with Crippen molar-refractivity contribution in [2.45, 2.75) is 245 Å². The Kier molecular flexibility index (Phi) is 22.6. The van der Waals surface area contributed by atoms with Crippen molar-refractivity contribution in [3.8, 4) is 0 Å². The summed E-state index contributed by atoms with van der Waals surface area (Å²) in [6.07, 6.45) is 11.3. The zero-order valence-electron chi connectivity index (χ0n) is 54.4. The SMILES string of the molecule is CCCC1C(C)C(C)C2C(C)C(C)C(C)C(C)C12.CCCC1C(C)C(C)C2C(C)C(C)C(C)C(C)C12.CCCC1C(C)C(C)C2C(C)C(C)C(C)C(C)C12.CCCC1C(C)C(C)C2C(C)C(C)C(C)C(C)C12. The van der Waals surface area contributed by atoms with E-state index in [-0.39, 0.29) is 0 Å². The third-order valence-electron chi connectivity index (χ3n) is 29.5. The molecule has 0 heterocycles. The number of hydrogen-bond acceptors (Lipinski definition) is 0. The van der Waals surface area contributed by atoms with Gasteiger partial charge in [-0.25, -0.2) is 0 Å². The van der Waals surface area contributed by atoms with Gasteiger partial charge in [-0.15, -0.1) is 0 Å². The molecule has 0 spiro atoms. The van der Waals surface area contributed by atoms with Gasteiger partial charge < -0.3 is 0 Å². The lowest BCUT2D eigenvalue weighted by molar-refractivity contribution is -0.00143. The topological polar surface area (TPSA) is 0 Å². The van der Waals surface area contributed by atoms with Gasteiger partial charge in [0.25, 0.3) is 0 Å². The summed E-state index contributed by atoms with van der Waals surface area (Å²) in [5, 5.41) is 0. The van der Waals surface area contributed by atoms with E-state index >= 15 is 0 Å². The predicted molar refractivity (Wildman–Crippen MR) is 321 cm³/mol. The lowest BCUT2D eigenvalue weighted by atomic mass is 9.57. The second-order valence-electron chi connectivity index (χ2n) is 31.0. The predicted octanol–water partition coefficient (Wildman–Crippen LogP) is 21.9. The summed E-state index contributed by atoms with van der Waals surface area (Å²) in [5.74, 6) is 34.4. The van der Waals surface area contributed by atoms with Crippen LogP contribution in [-0.4, -0.2) is 0 Å². The minimum Gasteiger partial charge on any atom is -0.0654 e. The van der Waals surface area contributed by atoms with E-state index < -0.39 is 0 Å². The summed E-state index contributed by atoms with van der Waals surface area (Å²) in [5.41, 5.74) is 0. The maximum absolute atomic E-state index is 2.55. The smallest absolute Gasteiger partial charge is 0.0321 e. The van der Waals surface area contributed by atoms with E-state index in [1.807, 2.05) is 0 Å². The number of hydrogen-bond donors (Lipinski definition) is 0. The third-order valence-corrected chi connectivity index (χ3v) is 29.5. The molecule has 0 amide bonds. The van der Waals surface area contributed by atoms with Crippen molar-refractivity contribution in [2.75, 3.05) is 0 Å².